The molecule has 1 aliphatic rings. The molecule has 0 unspecified atom stereocenters. The van der Waals surface area contributed by atoms with Crippen molar-refractivity contribution in [1.29, 1.82) is 0 Å². The van der Waals surface area contributed by atoms with E-state index >= 15 is 0 Å². The van der Waals surface area contributed by atoms with Crippen LogP contribution in [0.3, 0.4) is 0 Å². The van der Waals surface area contributed by atoms with E-state index in [0.29, 0.717) is 24.7 Å². The molecule has 0 heterocycles. The second-order valence-electron chi connectivity index (χ2n) is 1.00. The Bertz CT molecular complexity index is 76.1. The molecular weight excluding hydrogens is 167 g/mol. The van der Waals surface area contributed by atoms with Crippen molar-refractivity contribution >= 4 is 0 Å². The molecule has 1 nitrogen and oxygen atoms in total. The molecular formula is C5H5OZr-. The van der Waals surface area contributed by atoms with Crippen molar-refractivity contribution in [2.24, 2.45) is 0 Å². The molecule has 2 heteroatoms. The van der Waals surface area contributed by atoms with Gasteiger partial charge >= 0.3 is 27.5 Å². The molecule has 1 rings (SSSR count). The van der Waals surface area contributed by atoms with Gasteiger partial charge in [-0.25, -0.2) is 12.2 Å². The van der Waals surface area contributed by atoms with E-state index in [1.165, 1.54) is 0 Å². The summed E-state index contributed by atoms with van der Waals surface area (Å²) in [7, 11) is 0. The average Bonchev–Trinajstić information content (AvgIpc) is 2.23. The summed E-state index contributed by atoms with van der Waals surface area (Å²) in [5.41, 5.74) is 0. The molecule has 0 aromatic heterocycles. The molecule has 36 valence electrons. The van der Waals surface area contributed by atoms with Gasteiger partial charge in [-0.3, -0.25) is 6.08 Å². The summed E-state index contributed by atoms with van der Waals surface area (Å²) < 4.78 is 8.34. The maximum atomic E-state index is 8.34. The second-order valence-corrected chi connectivity index (χ2v) is 1.00. The van der Waals surface area contributed by atoms with E-state index in [9.17, 15) is 0 Å². The van der Waals surface area contributed by atoms with E-state index in [4.69, 9.17) is 2.81 Å². The van der Waals surface area contributed by atoms with E-state index in [-0.39, 0.29) is 0 Å². The quantitative estimate of drug-likeness (QED) is 0.502. The van der Waals surface area contributed by atoms with Gasteiger partial charge in [-0.15, -0.1) is 6.42 Å². The molecule has 0 bridgehead atoms. The van der Waals surface area contributed by atoms with Crippen molar-refractivity contribution < 1.29 is 27.5 Å². The van der Waals surface area contributed by atoms with Crippen LogP contribution in [-0.2, 0) is 27.5 Å². The Morgan fingerprint density at radius 1 is 1.57 bits per heavy atom. The van der Waals surface area contributed by atoms with Crippen LogP contribution in [-0.4, -0.2) is 0 Å². The average molecular weight is 172 g/mol. The summed E-state index contributed by atoms with van der Waals surface area (Å²) in [4.78, 5) is 0. The van der Waals surface area contributed by atoms with Crippen molar-refractivity contribution in [1.82, 2.24) is 0 Å². The van der Waals surface area contributed by atoms with Gasteiger partial charge in [0, 0.05) is 0 Å². The number of rotatable bonds is 0. The van der Waals surface area contributed by atoms with Crippen LogP contribution in [0.1, 0.15) is 6.42 Å². The summed E-state index contributed by atoms with van der Waals surface area (Å²) in [6, 6.07) is 0. The molecule has 0 atom stereocenters. The molecule has 0 saturated carbocycles. The molecule has 0 radical (unpaired) electrons. The summed E-state index contributed by atoms with van der Waals surface area (Å²) in [6.07, 6.45) is 10.0. The molecule has 0 fully saturated rings. The Kier molecular flexibility index (Phi) is 6.31. The van der Waals surface area contributed by atoms with Crippen LogP contribution < -0.4 is 0 Å². The first-order valence-corrected chi connectivity index (χ1v) is 2.92. The Morgan fingerprint density at radius 2 is 2.29 bits per heavy atom. The number of hydrogen-bond donors (Lipinski definition) is 0. The van der Waals surface area contributed by atoms with Gasteiger partial charge in [0.2, 0.25) is 0 Å². The Hall–Kier alpha value is 0.163. The van der Waals surface area contributed by atoms with Gasteiger partial charge in [0.15, 0.2) is 0 Å². The molecule has 0 amide bonds. The fourth-order valence-electron chi connectivity index (χ4n) is 0.340. The molecule has 0 aromatic carbocycles. The van der Waals surface area contributed by atoms with Crippen LogP contribution in [0.25, 0.3) is 0 Å². The summed E-state index contributed by atoms with van der Waals surface area (Å²) in [5.74, 6) is 0. The van der Waals surface area contributed by atoms with E-state index in [2.05, 4.69) is 12.2 Å². The Morgan fingerprint density at radius 3 is 2.43 bits per heavy atom. The van der Waals surface area contributed by atoms with Crippen LogP contribution in [0.5, 0.6) is 0 Å². The van der Waals surface area contributed by atoms with E-state index in [1.807, 2.05) is 12.2 Å². The molecule has 1 aliphatic carbocycles. The van der Waals surface area contributed by atoms with Crippen LogP contribution in [0.4, 0.5) is 0 Å². The predicted octanol–water partition coefficient (Wildman–Crippen LogP) is 1.18. The van der Waals surface area contributed by atoms with Gasteiger partial charge in [-0.1, -0.05) is 0 Å². The third-order valence-electron chi connectivity index (χ3n) is 0.586. The normalized spacial score (nSPS) is 13.0. The summed E-state index contributed by atoms with van der Waals surface area (Å²) in [5, 5.41) is 0. The second kappa shape index (κ2) is 6.16. The van der Waals surface area contributed by atoms with Crippen molar-refractivity contribution in [3.63, 3.8) is 0 Å². The molecule has 0 N–H and O–H groups in total. The fraction of sp³-hybridized carbons (Fsp3) is 0.200. The molecule has 0 aromatic rings. The minimum atomic E-state index is 0.300. The van der Waals surface area contributed by atoms with E-state index < -0.39 is 0 Å². The van der Waals surface area contributed by atoms with Crippen molar-refractivity contribution in [2.75, 3.05) is 0 Å². The predicted molar refractivity (Wildman–Crippen MR) is 22.3 cm³/mol. The minimum absolute atomic E-state index is 0.300. The monoisotopic (exact) mass is 171 g/mol. The first kappa shape index (κ1) is 7.16. The summed E-state index contributed by atoms with van der Waals surface area (Å²) >= 11 is 0.300. The van der Waals surface area contributed by atoms with Crippen molar-refractivity contribution in [3.05, 3.63) is 24.3 Å². The Balaban J connectivity index is 0.000000162. The van der Waals surface area contributed by atoms with Crippen LogP contribution in [0.15, 0.2) is 18.2 Å². The first-order valence-electron chi connectivity index (χ1n) is 1.92. The zero-order valence-electron chi connectivity index (χ0n) is 3.85. The maximum absolute atomic E-state index is 8.34. The third kappa shape index (κ3) is 4.01. The zero-order valence-corrected chi connectivity index (χ0v) is 6.31. The van der Waals surface area contributed by atoms with Gasteiger partial charge in [-0.2, -0.15) is 6.08 Å². The van der Waals surface area contributed by atoms with Crippen molar-refractivity contribution in [3.8, 4) is 0 Å². The Labute approximate surface area is 58.4 Å². The van der Waals surface area contributed by atoms with E-state index in [0.717, 1.165) is 6.42 Å². The molecule has 0 saturated heterocycles. The van der Waals surface area contributed by atoms with Crippen molar-refractivity contribution in [2.45, 2.75) is 6.42 Å². The van der Waals surface area contributed by atoms with E-state index in [1.54, 1.807) is 0 Å². The molecule has 7 heavy (non-hydrogen) atoms. The fourth-order valence-corrected chi connectivity index (χ4v) is 0.340. The van der Waals surface area contributed by atoms with Gasteiger partial charge in [0.25, 0.3) is 0 Å². The van der Waals surface area contributed by atoms with Gasteiger partial charge in [0.1, 0.15) is 0 Å². The zero-order chi connectivity index (χ0) is 5.54. The van der Waals surface area contributed by atoms with Crippen LogP contribution >= 0.6 is 0 Å². The number of hydrogen-bond acceptors (Lipinski definition) is 1. The molecule has 0 spiro atoms. The van der Waals surface area contributed by atoms with Crippen LogP contribution in [0.2, 0.25) is 0 Å². The molecule has 0 aliphatic heterocycles. The van der Waals surface area contributed by atoms with Gasteiger partial charge < -0.3 is 0 Å². The van der Waals surface area contributed by atoms with Gasteiger partial charge in [0.05, 0.1) is 0 Å². The standard InChI is InChI=1S/C5H5.O.Zr/c1-2-4-5-3-1;;/h1-3H,4H2;;/q-1;;. The topological polar surface area (TPSA) is 17.1 Å². The SMILES string of the molecule is [C-]1=CC=CC1.[O]=[Zr]. The first-order chi connectivity index (χ1) is 3.50. The van der Waals surface area contributed by atoms with Gasteiger partial charge in [-0.05, 0) is 0 Å². The summed E-state index contributed by atoms with van der Waals surface area (Å²) in [6.45, 7) is 0. The van der Waals surface area contributed by atoms with Crippen LogP contribution in [0, 0.1) is 6.08 Å². The number of allylic oxidation sites excluding steroid dienone is 4. The third-order valence-corrected chi connectivity index (χ3v) is 0.586.